The molecule has 0 spiro atoms. The molecule has 0 bridgehead atoms. The van der Waals surface area contributed by atoms with Crippen molar-refractivity contribution in [3.05, 3.63) is 23.8 Å². The standard InChI is InChI=1S/C16H17NO4S/c1-4-8-21-12-7-6-11(9-13(12)20-3)10-14-15(18)17(5-2)16(19)22-14/h1,6-7,9,14H,5,8,10H2,2-3H3/t14-/m1/s1. The predicted octanol–water partition coefficient (Wildman–Crippen LogP) is 2.33. The lowest BCUT2D eigenvalue weighted by Gasteiger charge is -2.13. The number of rotatable bonds is 6. The molecule has 0 aliphatic carbocycles. The van der Waals surface area contributed by atoms with E-state index in [2.05, 4.69) is 5.92 Å². The third-order valence-electron chi connectivity index (χ3n) is 3.28. The van der Waals surface area contributed by atoms with Gasteiger partial charge in [0.05, 0.1) is 12.4 Å². The molecule has 116 valence electrons. The van der Waals surface area contributed by atoms with Crippen molar-refractivity contribution < 1.29 is 19.1 Å². The van der Waals surface area contributed by atoms with Gasteiger partial charge in [0.25, 0.3) is 5.24 Å². The molecule has 2 rings (SSSR count). The van der Waals surface area contributed by atoms with E-state index in [1.807, 2.05) is 6.07 Å². The number of carbonyl (C=O) groups is 2. The van der Waals surface area contributed by atoms with Crippen LogP contribution in [0.1, 0.15) is 12.5 Å². The molecule has 5 nitrogen and oxygen atoms in total. The summed E-state index contributed by atoms with van der Waals surface area (Å²) >= 11 is 1.07. The molecule has 1 aliphatic rings. The molecule has 0 N–H and O–H groups in total. The van der Waals surface area contributed by atoms with Crippen LogP contribution in [0.25, 0.3) is 0 Å². The van der Waals surface area contributed by atoms with Gasteiger partial charge in [-0.2, -0.15) is 0 Å². The number of nitrogens with zero attached hydrogens (tertiary/aromatic N) is 1. The Morgan fingerprint density at radius 1 is 1.36 bits per heavy atom. The quantitative estimate of drug-likeness (QED) is 0.753. The first kappa shape index (κ1) is 16.2. The molecular formula is C16H17NO4S. The van der Waals surface area contributed by atoms with Crippen LogP contribution in [0.15, 0.2) is 18.2 Å². The lowest BCUT2D eigenvalue weighted by atomic mass is 10.1. The van der Waals surface area contributed by atoms with Gasteiger partial charge < -0.3 is 9.47 Å². The lowest BCUT2D eigenvalue weighted by Crippen LogP contribution is -2.31. The first-order valence-electron chi connectivity index (χ1n) is 6.85. The molecule has 1 atom stereocenters. The van der Waals surface area contributed by atoms with Crippen LogP contribution in [0.4, 0.5) is 4.79 Å². The van der Waals surface area contributed by atoms with E-state index < -0.39 is 0 Å². The third-order valence-corrected chi connectivity index (χ3v) is 4.36. The normalized spacial score (nSPS) is 17.5. The molecule has 22 heavy (non-hydrogen) atoms. The maximum absolute atomic E-state index is 12.1. The summed E-state index contributed by atoms with van der Waals surface area (Å²) in [5, 5.41) is -0.562. The van der Waals surface area contributed by atoms with Gasteiger partial charge in [0.1, 0.15) is 6.61 Å². The molecule has 0 unspecified atom stereocenters. The maximum atomic E-state index is 12.1. The second kappa shape index (κ2) is 7.23. The number of imide groups is 1. The number of carbonyl (C=O) groups excluding carboxylic acids is 2. The smallest absolute Gasteiger partial charge is 0.289 e. The van der Waals surface area contributed by atoms with Crippen molar-refractivity contribution in [2.75, 3.05) is 20.3 Å². The van der Waals surface area contributed by atoms with Gasteiger partial charge in [-0.3, -0.25) is 14.5 Å². The number of hydrogen-bond acceptors (Lipinski definition) is 5. The van der Waals surface area contributed by atoms with E-state index in [1.165, 1.54) is 4.90 Å². The summed E-state index contributed by atoms with van der Waals surface area (Å²) < 4.78 is 10.7. The highest BCUT2D eigenvalue weighted by Crippen LogP contribution is 2.32. The predicted molar refractivity (Wildman–Crippen MR) is 85.2 cm³/mol. The molecule has 1 fully saturated rings. The molecule has 1 aromatic rings. The summed E-state index contributed by atoms with van der Waals surface area (Å²) in [5.41, 5.74) is 0.904. The van der Waals surface area contributed by atoms with Crippen LogP contribution >= 0.6 is 11.8 Å². The molecule has 1 aromatic carbocycles. The van der Waals surface area contributed by atoms with Crippen molar-refractivity contribution in [2.24, 2.45) is 0 Å². The van der Waals surface area contributed by atoms with Gasteiger partial charge in [0, 0.05) is 6.54 Å². The van der Waals surface area contributed by atoms with Crippen LogP contribution in [0.5, 0.6) is 11.5 Å². The van der Waals surface area contributed by atoms with Crippen LogP contribution in [0.3, 0.4) is 0 Å². The largest absolute Gasteiger partial charge is 0.493 e. The average molecular weight is 319 g/mol. The fourth-order valence-electron chi connectivity index (χ4n) is 2.21. The number of thioether (sulfide) groups is 1. The second-order valence-corrected chi connectivity index (χ2v) is 5.79. The van der Waals surface area contributed by atoms with Crippen LogP contribution in [-0.4, -0.2) is 41.6 Å². The van der Waals surface area contributed by atoms with E-state index in [9.17, 15) is 9.59 Å². The topological polar surface area (TPSA) is 55.8 Å². The van der Waals surface area contributed by atoms with E-state index in [0.717, 1.165) is 17.3 Å². The molecule has 0 saturated carbocycles. The van der Waals surface area contributed by atoms with Gasteiger partial charge in [-0.05, 0) is 31.0 Å². The monoisotopic (exact) mass is 319 g/mol. The Morgan fingerprint density at radius 3 is 2.73 bits per heavy atom. The van der Waals surface area contributed by atoms with Crippen molar-refractivity contribution in [3.8, 4) is 23.8 Å². The molecule has 0 aromatic heterocycles. The summed E-state index contributed by atoms with van der Waals surface area (Å²) in [7, 11) is 1.54. The summed E-state index contributed by atoms with van der Waals surface area (Å²) in [6, 6.07) is 5.41. The van der Waals surface area contributed by atoms with Crippen molar-refractivity contribution in [3.63, 3.8) is 0 Å². The molecule has 6 heteroatoms. The Morgan fingerprint density at radius 2 is 2.14 bits per heavy atom. The molecule has 0 radical (unpaired) electrons. The number of methoxy groups -OCH3 is 1. The third kappa shape index (κ3) is 3.37. The fourth-order valence-corrected chi connectivity index (χ4v) is 3.30. The van der Waals surface area contributed by atoms with Crippen LogP contribution in [0, 0.1) is 12.3 Å². The fraction of sp³-hybridized carbons (Fsp3) is 0.375. The number of hydrogen-bond donors (Lipinski definition) is 0. The molecule has 1 saturated heterocycles. The van der Waals surface area contributed by atoms with E-state index in [4.69, 9.17) is 15.9 Å². The Labute approximate surface area is 134 Å². The van der Waals surface area contributed by atoms with E-state index in [1.54, 1.807) is 26.2 Å². The first-order valence-corrected chi connectivity index (χ1v) is 7.73. The highest BCUT2D eigenvalue weighted by atomic mass is 32.2. The zero-order chi connectivity index (χ0) is 16.1. The van der Waals surface area contributed by atoms with Gasteiger partial charge in [-0.25, -0.2) is 0 Å². The first-order chi connectivity index (χ1) is 10.6. The van der Waals surface area contributed by atoms with Gasteiger partial charge in [0.15, 0.2) is 11.5 Å². The number of ether oxygens (including phenoxy) is 2. The average Bonchev–Trinajstić information content (AvgIpc) is 2.79. The van der Waals surface area contributed by atoms with E-state index >= 15 is 0 Å². The number of terminal acetylenes is 1. The Balaban J connectivity index is 2.12. The minimum absolute atomic E-state index is 0.135. The van der Waals surface area contributed by atoms with Gasteiger partial charge in [-0.1, -0.05) is 23.7 Å². The van der Waals surface area contributed by atoms with Crippen molar-refractivity contribution >= 4 is 22.9 Å². The van der Waals surface area contributed by atoms with Crippen molar-refractivity contribution in [1.29, 1.82) is 0 Å². The van der Waals surface area contributed by atoms with Crippen LogP contribution in [0.2, 0.25) is 0 Å². The molecular weight excluding hydrogens is 302 g/mol. The Hall–Kier alpha value is -2.13. The number of amides is 2. The highest BCUT2D eigenvalue weighted by Gasteiger charge is 2.38. The maximum Gasteiger partial charge on any atom is 0.289 e. The number of benzene rings is 1. The summed E-state index contributed by atoms with van der Waals surface area (Å²) in [6.07, 6.45) is 5.64. The SMILES string of the molecule is C#CCOc1ccc(C[C@H]2SC(=O)N(CC)C2=O)cc1OC. The molecule has 1 aliphatic heterocycles. The summed E-state index contributed by atoms with van der Waals surface area (Å²) in [6.45, 7) is 2.36. The summed E-state index contributed by atoms with van der Waals surface area (Å²) in [4.78, 5) is 25.1. The van der Waals surface area contributed by atoms with Gasteiger partial charge in [-0.15, -0.1) is 6.42 Å². The van der Waals surface area contributed by atoms with E-state index in [-0.39, 0.29) is 23.0 Å². The summed E-state index contributed by atoms with van der Waals surface area (Å²) in [5.74, 6) is 3.37. The zero-order valence-electron chi connectivity index (χ0n) is 12.5. The Kier molecular flexibility index (Phi) is 5.34. The molecule has 1 heterocycles. The van der Waals surface area contributed by atoms with Crippen molar-refractivity contribution in [1.82, 2.24) is 4.90 Å². The minimum atomic E-state index is -0.380. The van der Waals surface area contributed by atoms with Crippen LogP contribution < -0.4 is 9.47 Å². The Bertz CT molecular complexity index is 623. The highest BCUT2D eigenvalue weighted by molar-refractivity contribution is 8.15. The molecule has 2 amide bonds. The lowest BCUT2D eigenvalue weighted by molar-refractivity contribution is -0.126. The minimum Gasteiger partial charge on any atom is -0.493 e. The zero-order valence-corrected chi connectivity index (χ0v) is 13.3. The van der Waals surface area contributed by atoms with Gasteiger partial charge in [0.2, 0.25) is 5.91 Å². The van der Waals surface area contributed by atoms with E-state index in [0.29, 0.717) is 24.5 Å². The second-order valence-electron chi connectivity index (χ2n) is 4.64. The van der Waals surface area contributed by atoms with Crippen molar-refractivity contribution in [2.45, 2.75) is 18.6 Å². The van der Waals surface area contributed by atoms with Gasteiger partial charge >= 0.3 is 0 Å². The van der Waals surface area contributed by atoms with Crippen LogP contribution in [-0.2, 0) is 11.2 Å².